The van der Waals surface area contributed by atoms with Gasteiger partial charge >= 0.3 is 0 Å². The van der Waals surface area contributed by atoms with Gasteiger partial charge in [0, 0.05) is 24.2 Å². The number of aryl methyl sites for hydroxylation is 2. The molecule has 0 saturated carbocycles. The molecule has 2 aromatic heterocycles. The van der Waals surface area contributed by atoms with Crippen molar-refractivity contribution in [1.29, 1.82) is 0 Å². The van der Waals surface area contributed by atoms with E-state index in [9.17, 15) is 9.90 Å². The van der Waals surface area contributed by atoms with Crippen LogP contribution in [0.15, 0.2) is 51.2 Å². The molecule has 0 aliphatic carbocycles. The molecule has 0 radical (unpaired) electrons. The number of hydrogen-bond donors (Lipinski definition) is 1. The van der Waals surface area contributed by atoms with Gasteiger partial charge in [-0.2, -0.15) is 0 Å². The first-order valence-electron chi connectivity index (χ1n) is 12.5. The Hall–Kier alpha value is -3.00. The van der Waals surface area contributed by atoms with E-state index in [0.717, 1.165) is 16.8 Å². The topological polar surface area (TPSA) is 75.8 Å². The van der Waals surface area contributed by atoms with Crippen LogP contribution in [0, 0.1) is 6.92 Å². The van der Waals surface area contributed by atoms with Crippen LogP contribution in [-0.4, -0.2) is 41.3 Å². The molecule has 5 rings (SSSR count). The fourth-order valence-electron chi connectivity index (χ4n) is 4.95. The highest BCUT2D eigenvalue weighted by Gasteiger charge is 2.31. The summed E-state index contributed by atoms with van der Waals surface area (Å²) in [4.78, 5) is 20.5. The number of nitrogens with zero attached hydrogens (tertiary/aromatic N) is 2. The third kappa shape index (κ3) is 4.47. The van der Waals surface area contributed by atoms with Crippen molar-refractivity contribution >= 4 is 22.3 Å². The van der Waals surface area contributed by atoms with E-state index in [1.54, 1.807) is 6.07 Å². The molecule has 3 heterocycles. The number of phenolic OH excluding ortho intramolecular Hbond substituents is 1. The summed E-state index contributed by atoms with van der Waals surface area (Å²) >= 11 is 1.43. The van der Waals surface area contributed by atoms with E-state index >= 15 is 0 Å². The normalized spacial score (nSPS) is 15.6. The Morgan fingerprint density at radius 1 is 1.14 bits per heavy atom. The molecule has 0 amide bonds. The number of aromatic hydroxyl groups is 1. The lowest BCUT2D eigenvalue weighted by atomic mass is 9.90. The molecule has 4 aromatic rings. The summed E-state index contributed by atoms with van der Waals surface area (Å²) < 4.78 is 11.8. The van der Waals surface area contributed by atoms with E-state index in [2.05, 4.69) is 48.0 Å². The molecule has 2 aromatic carbocycles. The Morgan fingerprint density at radius 2 is 1.83 bits per heavy atom. The Kier molecular flexibility index (Phi) is 6.97. The van der Waals surface area contributed by atoms with E-state index in [1.807, 2.05) is 19.2 Å². The second-order valence-electron chi connectivity index (χ2n) is 9.67. The lowest BCUT2D eigenvalue weighted by Crippen LogP contribution is -2.39. The standard InChI is InChI=1S/C29H32N2O4S/c1-5-19-14-22-27(33)23(29-30-18(4)16-36-29)15-35-28(22)24(26(19)32)25(31-10-12-34-13-11-31)21-8-6-20(7-9-21)17(2)3/h6-9,14-17,25,32H,5,10-13H2,1-4H3/t25-/m1/s1. The van der Waals surface area contributed by atoms with Crippen LogP contribution in [0.3, 0.4) is 0 Å². The van der Waals surface area contributed by atoms with Crippen molar-refractivity contribution in [2.45, 2.75) is 46.1 Å². The monoisotopic (exact) mass is 504 g/mol. The third-order valence-electron chi connectivity index (χ3n) is 6.98. The number of ether oxygens (including phenoxy) is 1. The zero-order valence-electron chi connectivity index (χ0n) is 21.2. The van der Waals surface area contributed by atoms with E-state index in [0.29, 0.717) is 65.7 Å². The lowest BCUT2D eigenvalue weighted by molar-refractivity contribution is 0.0236. The minimum atomic E-state index is -0.278. The second-order valence-corrected chi connectivity index (χ2v) is 10.5. The van der Waals surface area contributed by atoms with Crippen LogP contribution in [0.1, 0.15) is 60.7 Å². The summed E-state index contributed by atoms with van der Waals surface area (Å²) in [6.07, 6.45) is 2.09. The first-order chi connectivity index (χ1) is 17.4. The van der Waals surface area contributed by atoms with Crippen LogP contribution in [0.4, 0.5) is 0 Å². The SMILES string of the molecule is CCc1cc2c(=O)c(-c3nc(C)cs3)coc2c([C@@H](c2ccc(C(C)C)cc2)N2CCOCC2)c1O. The van der Waals surface area contributed by atoms with Crippen LogP contribution in [0.25, 0.3) is 21.5 Å². The number of rotatable bonds is 6. The van der Waals surface area contributed by atoms with E-state index < -0.39 is 0 Å². The van der Waals surface area contributed by atoms with Crippen molar-refractivity contribution in [2.24, 2.45) is 0 Å². The van der Waals surface area contributed by atoms with Gasteiger partial charge in [0.2, 0.25) is 5.43 Å². The number of morpholine rings is 1. The van der Waals surface area contributed by atoms with Crippen LogP contribution in [0.2, 0.25) is 0 Å². The van der Waals surface area contributed by atoms with Gasteiger partial charge in [0.1, 0.15) is 22.6 Å². The average Bonchev–Trinajstić information content (AvgIpc) is 3.32. The zero-order valence-corrected chi connectivity index (χ0v) is 22.0. The average molecular weight is 505 g/mol. The quantitative estimate of drug-likeness (QED) is 0.345. The Morgan fingerprint density at radius 3 is 2.44 bits per heavy atom. The van der Waals surface area contributed by atoms with Crippen LogP contribution >= 0.6 is 11.3 Å². The summed E-state index contributed by atoms with van der Waals surface area (Å²) in [5.41, 5.74) is 5.29. The third-order valence-corrected chi connectivity index (χ3v) is 7.98. The van der Waals surface area contributed by atoms with Crippen molar-refractivity contribution in [2.75, 3.05) is 26.3 Å². The summed E-state index contributed by atoms with van der Waals surface area (Å²) in [7, 11) is 0. The largest absolute Gasteiger partial charge is 0.507 e. The Labute approximate surface area is 215 Å². The molecule has 6 nitrogen and oxygen atoms in total. The molecular formula is C29H32N2O4S. The minimum Gasteiger partial charge on any atom is -0.507 e. The van der Waals surface area contributed by atoms with Crippen molar-refractivity contribution < 1.29 is 14.3 Å². The van der Waals surface area contributed by atoms with Gasteiger partial charge < -0.3 is 14.3 Å². The molecule has 1 aliphatic heterocycles. The number of thiazole rings is 1. The molecule has 1 N–H and O–H groups in total. The van der Waals surface area contributed by atoms with E-state index in [-0.39, 0.29) is 17.2 Å². The first-order valence-corrected chi connectivity index (χ1v) is 13.4. The second kappa shape index (κ2) is 10.2. The van der Waals surface area contributed by atoms with Crippen LogP contribution in [-0.2, 0) is 11.2 Å². The van der Waals surface area contributed by atoms with Crippen molar-refractivity contribution in [3.8, 4) is 16.3 Å². The van der Waals surface area contributed by atoms with Gasteiger partial charge in [0.05, 0.1) is 35.8 Å². The van der Waals surface area contributed by atoms with Crippen molar-refractivity contribution in [3.63, 3.8) is 0 Å². The predicted molar refractivity (Wildman–Crippen MR) is 144 cm³/mol. The molecule has 1 fully saturated rings. The summed E-state index contributed by atoms with van der Waals surface area (Å²) in [6.45, 7) is 10.9. The molecule has 7 heteroatoms. The highest BCUT2D eigenvalue weighted by Crippen LogP contribution is 2.42. The fraction of sp³-hybridized carbons (Fsp3) is 0.379. The fourth-order valence-corrected chi connectivity index (χ4v) is 5.75. The van der Waals surface area contributed by atoms with Gasteiger partial charge in [-0.3, -0.25) is 9.69 Å². The van der Waals surface area contributed by atoms with Crippen LogP contribution < -0.4 is 5.43 Å². The van der Waals surface area contributed by atoms with Crippen molar-refractivity contribution in [3.05, 3.63) is 80.1 Å². The molecular weight excluding hydrogens is 472 g/mol. The maximum atomic E-state index is 13.7. The number of hydrogen-bond acceptors (Lipinski definition) is 7. The van der Waals surface area contributed by atoms with Gasteiger partial charge in [0.15, 0.2) is 0 Å². The first kappa shape index (κ1) is 24.7. The summed E-state index contributed by atoms with van der Waals surface area (Å²) in [5, 5.41) is 14.6. The molecule has 0 bridgehead atoms. The van der Waals surface area contributed by atoms with Gasteiger partial charge in [0.25, 0.3) is 0 Å². The number of fused-ring (bicyclic) bond motifs is 1. The summed E-state index contributed by atoms with van der Waals surface area (Å²) in [6, 6.07) is 10.1. The van der Waals surface area contributed by atoms with E-state index in [1.165, 1.54) is 23.2 Å². The van der Waals surface area contributed by atoms with Gasteiger partial charge in [-0.25, -0.2) is 4.98 Å². The lowest BCUT2D eigenvalue weighted by Gasteiger charge is -2.36. The number of aromatic nitrogens is 1. The molecule has 36 heavy (non-hydrogen) atoms. The van der Waals surface area contributed by atoms with Crippen LogP contribution in [0.5, 0.6) is 5.75 Å². The van der Waals surface area contributed by atoms with Crippen molar-refractivity contribution in [1.82, 2.24) is 9.88 Å². The van der Waals surface area contributed by atoms with Gasteiger partial charge in [-0.1, -0.05) is 45.0 Å². The van der Waals surface area contributed by atoms with Gasteiger partial charge in [-0.05, 0) is 42.0 Å². The predicted octanol–water partition coefficient (Wildman–Crippen LogP) is 6.04. The number of benzene rings is 2. The molecule has 0 spiro atoms. The zero-order chi connectivity index (χ0) is 25.4. The van der Waals surface area contributed by atoms with E-state index in [4.69, 9.17) is 9.15 Å². The number of phenols is 1. The molecule has 1 atom stereocenters. The minimum absolute atomic E-state index is 0.127. The maximum Gasteiger partial charge on any atom is 0.202 e. The Bertz CT molecular complexity index is 1430. The van der Waals surface area contributed by atoms with Gasteiger partial charge in [-0.15, -0.1) is 11.3 Å². The molecule has 188 valence electrons. The summed E-state index contributed by atoms with van der Waals surface area (Å²) in [5.74, 6) is 0.611. The smallest absolute Gasteiger partial charge is 0.202 e. The Balaban J connectivity index is 1.76. The molecule has 0 unspecified atom stereocenters. The molecule has 1 saturated heterocycles. The maximum absolute atomic E-state index is 13.7. The highest BCUT2D eigenvalue weighted by atomic mass is 32.1. The molecule has 1 aliphatic rings. The highest BCUT2D eigenvalue weighted by molar-refractivity contribution is 7.13.